The van der Waals surface area contributed by atoms with E-state index in [4.69, 9.17) is 0 Å². The molecule has 1 aliphatic rings. The van der Waals surface area contributed by atoms with Crippen LogP contribution in [0, 0.1) is 5.41 Å². The summed E-state index contributed by atoms with van der Waals surface area (Å²) in [5, 5.41) is 17.3. The van der Waals surface area contributed by atoms with Crippen molar-refractivity contribution in [3.05, 3.63) is 16.1 Å². The molecule has 3 nitrogen and oxygen atoms in total. The Morgan fingerprint density at radius 3 is 2.38 bits per heavy atom. The molecule has 0 bridgehead atoms. The van der Waals surface area contributed by atoms with E-state index in [0.29, 0.717) is 12.0 Å². The Hall–Kier alpha value is -0.450. The van der Waals surface area contributed by atoms with Crippen LogP contribution in [0.2, 0.25) is 0 Å². The second kappa shape index (κ2) is 5.98. The summed E-state index contributed by atoms with van der Waals surface area (Å²) in [5.74, 6) is 0. The molecule has 0 aliphatic heterocycles. The zero-order valence-electron chi connectivity index (χ0n) is 14.1. The topological polar surface area (TPSA) is 45.1 Å². The van der Waals surface area contributed by atoms with Gasteiger partial charge in [0.2, 0.25) is 0 Å². The van der Waals surface area contributed by atoms with E-state index in [2.05, 4.69) is 50.3 Å². The van der Waals surface area contributed by atoms with Crippen molar-refractivity contribution in [2.45, 2.75) is 77.9 Å². The van der Waals surface area contributed by atoms with Gasteiger partial charge in [-0.3, -0.25) is 0 Å². The molecule has 0 radical (unpaired) electrons. The Bertz CT molecular complexity index is 463. The van der Waals surface area contributed by atoms with E-state index < -0.39 is 5.60 Å². The molecule has 1 aliphatic carbocycles. The number of nitrogens with one attached hydrogen (secondary N) is 1. The summed E-state index contributed by atoms with van der Waals surface area (Å²) in [6.45, 7) is 12.6. The van der Waals surface area contributed by atoms with E-state index in [-0.39, 0.29) is 5.41 Å². The Morgan fingerprint density at radius 2 is 1.86 bits per heavy atom. The fourth-order valence-electron chi connectivity index (χ4n) is 2.72. The maximum absolute atomic E-state index is 10.6. The van der Waals surface area contributed by atoms with Crippen LogP contribution in [0.25, 0.3) is 0 Å². The van der Waals surface area contributed by atoms with Crippen molar-refractivity contribution in [2.24, 2.45) is 5.41 Å². The standard InChI is InChI=1S/C17H30N2OS/c1-15(2,3)14-19-13(11-21-14)10-18-12-17(20)8-6-16(4,5)7-9-17/h11,18,20H,6-10,12H2,1-5H3. The lowest BCUT2D eigenvalue weighted by atomic mass is 9.71. The van der Waals surface area contributed by atoms with Crippen LogP contribution in [0.15, 0.2) is 5.38 Å². The van der Waals surface area contributed by atoms with E-state index in [0.717, 1.165) is 37.9 Å². The molecule has 1 aromatic rings. The van der Waals surface area contributed by atoms with Crippen LogP contribution in [-0.2, 0) is 12.0 Å². The number of aromatic nitrogens is 1. The highest BCUT2D eigenvalue weighted by molar-refractivity contribution is 7.09. The van der Waals surface area contributed by atoms with Crippen LogP contribution < -0.4 is 5.32 Å². The predicted octanol–water partition coefficient (Wildman–Crippen LogP) is 3.86. The minimum Gasteiger partial charge on any atom is -0.389 e. The molecule has 0 atom stereocenters. The summed E-state index contributed by atoms with van der Waals surface area (Å²) in [6, 6.07) is 0. The molecule has 0 saturated heterocycles. The quantitative estimate of drug-likeness (QED) is 0.887. The third-order valence-corrected chi connectivity index (χ3v) is 5.80. The van der Waals surface area contributed by atoms with Gasteiger partial charge in [0.1, 0.15) is 0 Å². The molecule has 1 saturated carbocycles. The van der Waals surface area contributed by atoms with Crippen LogP contribution >= 0.6 is 11.3 Å². The molecule has 2 N–H and O–H groups in total. The lowest BCUT2D eigenvalue weighted by molar-refractivity contribution is -0.0245. The number of hydrogen-bond acceptors (Lipinski definition) is 4. The summed E-state index contributed by atoms with van der Waals surface area (Å²) >= 11 is 1.73. The number of aliphatic hydroxyl groups is 1. The van der Waals surface area contributed by atoms with Crippen molar-refractivity contribution in [2.75, 3.05) is 6.54 Å². The summed E-state index contributed by atoms with van der Waals surface area (Å²) in [7, 11) is 0. The van der Waals surface area contributed by atoms with Gasteiger partial charge in [-0.1, -0.05) is 34.6 Å². The third kappa shape index (κ3) is 4.76. The van der Waals surface area contributed by atoms with Crippen LogP contribution in [0.3, 0.4) is 0 Å². The van der Waals surface area contributed by atoms with E-state index in [1.165, 1.54) is 5.01 Å². The van der Waals surface area contributed by atoms with E-state index in [9.17, 15) is 5.11 Å². The molecule has 1 aromatic heterocycles. The Labute approximate surface area is 133 Å². The molecule has 4 heteroatoms. The van der Waals surface area contributed by atoms with Gasteiger partial charge in [0, 0.05) is 23.9 Å². The van der Waals surface area contributed by atoms with Crippen molar-refractivity contribution >= 4 is 11.3 Å². The van der Waals surface area contributed by atoms with Gasteiger partial charge in [-0.25, -0.2) is 4.98 Å². The second-order valence-electron chi connectivity index (χ2n) is 8.39. The maximum atomic E-state index is 10.6. The smallest absolute Gasteiger partial charge is 0.0982 e. The number of rotatable bonds is 4. The first kappa shape index (κ1) is 16.9. The SMILES string of the molecule is CC1(C)CCC(O)(CNCc2csc(C(C)(C)C)n2)CC1. The average Bonchev–Trinajstić information content (AvgIpc) is 2.83. The highest BCUT2D eigenvalue weighted by Crippen LogP contribution is 2.39. The van der Waals surface area contributed by atoms with Crippen molar-refractivity contribution in [3.8, 4) is 0 Å². The minimum atomic E-state index is -0.529. The average molecular weight is 311 g/mol. The Morgan fingerprint density at radius 1 is 1.24 bits per heavy atom. The molecule has 1 heterocycles. The van der Waals surface area contributed by atoms with Crippen molar-refractivity contribution in [1.82, 2.24) is 10.3 Å². The van der Waals surface area contributed by atoms with Gasteiger partial charge >= 0.3 is 0 Å². The van der Waals surface area contributed by atoms with E-state index >= 15 is 0 Å². The van der Waals surface area contributed by atoms with Gasteiger partial charge in [-0.2, -0.15) is 0 Å². The molecule has 2 rings (SSSR count). The van der Waals surface area contributed by atoms with E-state index in [1.807, 2.05) is 0 Å². The predicted molar refractivity (Wildman–Crippen MR) is 89.7 cm³/mol. The second-order valence-corrected chi connectivity index (χ2v) is 9.24. The third-order valence-electron chi connectivity index (χ3n) is 4.49. The van der Waals surface area contributed by atoms with Crippen LogP contribution in [0.5, 0.6) is 0 Å². The highest BCUT2D eigenvalue weighted by atomic mass is 32.1. The van der Waals surface area contributed by atoms with Crippen molar-refractivity contribution < 1.29 is 5.11 Å². The molecule has 0 unspecified atom stereocenters. The van der Waals surface area contributed by atoms with Gasteiger partial charge in [-0.05, 0) is 31.1 Å². The number of thiazole rings is 1. The summed E-state index contributed by atoms with van der Waals surface area (Å²) in [4.78, 5) is 4.68. The molecule has 1 fully saturated rings. The van der Waals surface area contributed by atoms with Crippen molar-refractivity contribution in [1.29, 1.82) is 0 Å². The number of nitrogens with zero attached hydrogens (tertiary/aromatic N) is 1. The zero-order valence-corrected chi connectivity index (χ0v) is 14.9. The molecular weight excluding hydrogens is 280 g/mol. The van der Waals surface area contributed by atoms with Crippen LogP contribution in [-0.4, -0.2) is 22.2 Å². The fraction of sp³-hybridized carbons (Fsp3) is 0.824. The fourth-order valence-corrected chi connectivity index (χ4v) is 3.63. The number of hydrogen-bond donors (Lipinski definition) is 2. The molecule has 0 aromatic carbocycles. The van der Waals surface area contributed by atoms with Crippen LogP contribution in [0.1, 0.15) is 71.0 Å². The first-order valence-electron chi connectivity index (χ1n) is 7.98. The molecular formula is C17H30N2OS. The van der Waals surface area contributed by atoms with Gasteiger partial charge in [-0.15, -0.1) is 11.3 Å². The minimum absolute atomic E-state index is 0.121. The molecule has 21 heavy (non-hydrogen) atoms. The monoisotopic (exact) mass is 310 g/mol. The van der Waals surface area contributed by atoms with Crippen LogP contribution in [0.4, 0.5) is 0 Å². The lowest BCUT2D eigenvalue weighted by Gasteiger charge is -2.40. The van der Waals surface area contributed by atoms with Gasteiger partial charge in [0.25, 0.3) is 0 Å². The van der Waals surface area contributed by atoms with Gasteiger partial charge in [0.15, 0.2) is 0 Å². The largest absolute Gasteiger partial charge is 0.389 e. The maximum Gasteiger partial charge on any atom is 0.0982 e. The van der Waals surface area contributed by atoms with Gasteiger partial charge in [0.05, 0.1) is 16.3 Å². The zero-order chi connectivity index (χ0) is 15.7. The lowest BCUT2D eigenvalue weighted by Crippen LogP contribution is -2.44. The van der Waals surface area contributed by atoms with E-state index in [1.54, 1.807) is 11.3 Å². The Kier molecular flexibility index (Phi) is 4.81. The molecule has 0 spiro atoms. The van der Waals surface area contributed by atoms with Crippen molar-refractivity contribution in [3.63, 3.8) is 0 Å². The summed E-state index contributed by atoms with van der Waals surface area (Å²) in [6.07, 6.45) is 4.01. The summed E-state index contributed by atoms with van der Waals surface area (Å²) in [5.41, 5.74) is 1.07. The normalized spacial score (nSPS) is 21.4. The van der Waals surface area contributed by atoms with Gasteiger partial charge < -0.3 is 10.4 Å². The molecule has 120 valence electrons. The first-order chi connectivity index (χ1) is 9.60. The highest BCUT2D eigenvalue weighted by Gasteiger charge is 2.36. The Balaban J connectivity index is 1.81. The summed E-state index contributed by atoms with van der Waals surface area (Å²) < 4.78 is 0. The molecule has 0 amide bonds. The first-order valence-corrected chi connectivity index (χ1v) is 8.86.